The van der Waals surface area contributed by atoms with Crippen molar-refractivity contribution in [1.29, 1.82) is 0 Å². The van der Waals surface area contributed by atoms with Gasteiger partial charge in [-0.3, -0.25) is 0 Å². The summed E-state index contributed by atoms with van der Waals surface area (Å²) in [6.07, 6.45) is 24.1. The molecule has 2 aromatic rings. The highest BCUT2D eigenvalue weighted by atomic mass is 33.1. The lowest BCUT2D eigenvalue weighted by atomic mass is 9.99. The summed E-state index contributed by atoms with van der Waals surface area (Å²) in [4.78, 5) is 2.39. The Bertz CT molecular complexity index is 1110. The zero-order valence-corrected chi connectivity index (χ0v) is 29.0. The summed E-state index contributed by atoms with van der Waals surface area (Å²) >= 11 is 0. The molecule has 0 bridgehead atoms. The molecule has 0 unspecified atom stereocenters. The Morgan fingerprint density at radius 3 is 0.952 bits per heavy atom. The minimum absolute atomic E-state index is 0.353. The SMILES string of the molecule is O=P(c1ccccc1SSc1ccccc1P(=O)(C1CCCCC1)C1CCCCC1)(C1CCCCC1)C1CCCCC1. The van der Waals surface area contributed by atoms with Gasteiger partial charge in [-0.05, 0) is 63.5 Å². The van der Waals surface area contributed by atoms with Gasteiger partial charge in [0.15, 0.2) is 0 Å². The summed E-state index contributed by atoms with van der Waals surface area (Å²) in [5, 5.41) is 2.34. The first kappa shape index (κ1) is 31.6. The Balaban J connectivity index is 1.33. The number of hydrogen-bond acceptors (Lipinski definition) is 4. The largest absolute Gasteiger partial charge is 0.318 e. The molecule has 4 fully saturated rings. The van der Waals surface area contributed by atoms with E-state index in [-0.39, 0.29) is 0 Å². The van der Waals surface area contributed by atoms with Gasteiger partial charge in [0.1, 0.15) is 14.3 Å². The fraction of sp³-hybridized carbons (Fsp3) is 0.667. The van der Waals surface area contributed by atoms with Crippen molar-refractivity contribution >= 4 is 46.5 Å². The van der Waals surface area contributed by atoms with Crippen molar-refractivity contribution < 1.29 is 9.13 Å². The predicted octanol–water partition coefficient (Wildman–Crippen LogP) is 11.8. The van der Waals surface area contributed by atoms with Crippen LogP contribution < -0.4 is 10.6 Å². The first-order valence-electron chi connectivity index (χ1n) is 17.3. The molecule has 0 heterocycles. The Kier molecular flexibility index (Phi) is 11.1. The van der Waals surface area contributed by atoms with Crippen molar-refractivity contribution in [1.82, 2.24) is 0 Å². The second-order valence-electron chi connectivity index (χ2n) is 13.7. The molecule has 4 aliphatic carbocycles. The maximum atomic E-state index is 15.5. The van der Waals surface area contributed by atoms with Gasteiger partial charge in [0.05, 0.1) is 0 Å². The van der Waals surface area contributed by atoms with Gasteiger partial charge in [0.2, 0.25) is 0 Å². The Labute approximate surface area is 263 Å². The monoisotopic (exact) mass is 642 g/mol. The molecule has 2 nitrogen and oxygen atoms in total. The van der Waals surface area contributed by atoms with E-state index in [0.717, 1.165) is 51.4 Å². The molecule has 4 aliphatic rings. The van der Waals surface area contributed by atoms with Gasteiger partial charge in [-0.2, -0.15) is 0 Å². The topological polar surface area (TPSA) is 34.1 Å². The summed E-state index contributed by atoms with van der Waals surface area (Å²) in [6, 6.07) is 17.5. The minimum atomic E-state index is -2.56. The Morgan fingerprint density at radius 2 is 0.667 bits per heavy atom. The fourth-order valence-corrected chi connectivity index (χ4v) is 21.4. The predicted molar refractivity (Wildman–Crippen MR) is 187 cm³/mol. The van der Waals surface area contributed by atoms with Crippen LogP contribution in [0, 0.1) is 0 Å². The van der Waals surface area contributed by atoms with E-state index in [4.69, 9.17) is 0 Å². The van der Waals surface area contributed by atoms with Gasteiger partial charge in [-0.25, -0.2) is 0 Å². The van der Waals surface area contributed by atoms with Gasteiger partial charge in [-0.1, -0.05) is 135 Å². The van der Waals surface area contributed by atoms with E-state index in [1.54, 1.807) is 21.6 Å². The molecule has 0 aliphatic heterocycles. The summed E-state index contributed by atoms with van der Waals surface area (Å²) in [7, 11) is -1.51. The van der Waals surface area contributed by atoms with Gasteiger partial charge < -0.3 is 9.13 Å². The fourth-order valence-electron chi connectivity index (χ4n) is 8.96. The van der Waals surface area contributed by atoms with E-state index in [1.807, 2.05) is 0 Å². The average Bonchev–Trinajstić information content (AvgIpc) is 3.08. The average molecular weight is 643 g/mol. The first-order chi connectivity index (χ1) is 20.6. The van der Waals surface area contributed by atoms with E-state index in [1.165, 1.54) is 97.4 Å². The minimum Gasteiger partial charge on any atom is -0.318 e. The van der Waals surface area contributed by atoms with Crippen molar-refractivity contribution in [2.24, 2.45) is 0 Å². The van der Waals surface area contributed by atoms with Crippen LogP contribution in [0.15, 0.2) is 58.3 Å². The zero-order chi connectivity index (χ0) is 28.8. The molecule has 4 saturated carbocycles. The molecular weight excluding hydrogens is 590 g/mol. The van der Waals surface area contributed by atoms with E-state index < -0.39 is 14.3 Å². The van der Waals surface area contributed by atoms with Crippen LogP contribution in [0.1, 0.15) is 128 Å². The lowest BCUT2D eigenvalue weighted by Crippen LogP contribution is -2.30. The standard InChI is InChI=1S/C36H52O2P2S2/c37-39(29-17-5-1-6-18-29,30-19-7-2-8-20-30)33-25-13-15-27-35(33)41-42-36-28-16-14-26-34(36)40(38,31-21-9-3-10-22-31)32-23-11-4-12-24-32/h13-16,25-32H,1-12,17-24H2. The van der Waals surface area contributed by atoms with E-state index in [0.29, 0.717) is 22.6 Å². The van der Waals surface area contributed by atoms with Crippen LogP contribution in [0.25, 0.3) is 0 Å². The molecule has 230 valence electrons. The molecule has 0 radical (unpaired) electrons. The molecule has 0 saturated heterocycles. The third-order valence-corrected chi connectivity index (χ3v) is 22.6. The van der Waals surface area contributed by atoms with Gasteiger partial charge in [0.25, 0.3) is 0 Å². The number of benzene rings is 2. The van der Waals surface area contributed by atoms with Crippen molar-refractivity contribution in [2.75, 3.05) is 0 Å². The maximum absolute atomic E-state index is 15.5. The summed E-state index contributed by atoms with van der Waals surface area (Å²) < 4.78 is 31.1. The normalized spacial score (nSPS) is 22.8. The van der Waals surface area contributed by atoms with E-state index in [9.17, 15) is 0 Å². The van der Waals surface area contributed by atoms with E-state index >= 15 is 9.13 Å². The van der Waals surface area contributed by atoms with Crippen LogP contribution in [0.2, 0.25) is 0 Å². The molecule has 2 aromatic carbocycles. The summed E-state index contributed by atoms with van der Waals surface area (Å²) in [5.41, 5.74) is 1.41. The second-order valence-corrected chi connectivity index (χ2v) is 22.6. The Morgan fingerprint density at radius 1 is 0.405 bits per heavy atom. The highest BCUT2D eigenvalue weighted by Crippen LogP contribution is 2.65. The molecule has 6 rings (SSSR count). The van der Waals surface area contributed by atoms with Crippen LogP contribution in [0.5, 0.6) is 0 Å². The quantitative estimate of drug-likeness (QED) is 0.201. The number of rotatable bonds is 9. The Hall–Kier alpha value is -0.400. The molecule has 6 heteroatoms. The van der Waals surface area contributed by atoms with Gasteiger partial charge in [-0.15, -0.1) is 0 Å². The van der Waals surface area contributed by atoms with Crippen LogP contribution in [0.3, 0.4) is 0 Å². The zero-order valence-electron chi connectivity index (χ0n) is 25.6. The molecule has 42 heavy (non-hydrogen) atoms. The van der Waals surface area contributed by atoms with Crippen molar-refractivity contribution in [3.63, 3.8) is 0 Å². The lowest BCUT2D eigenvalue weighted by molar-refractivity contribution is 0.452. The molecular formula is C36H52O2P2S2. The molecule has 0 N–H and O–H groups in total. The smallest absolute Gasteiger partial charge is 0.122 e. The highest BCUT2D eigenvalue weighted by molar-refractivity contribution is 8.76. The van der Waals surface area contributed by atoms with Crippen LogP contribution in [0.4, 0.5) is 0 Å². The molecule has 0 atom stereocenters. The molecule has 0 spiro atoms. The third kappa shape index (κ3) is 6.59. The first-order valence-corrected chi connectivity index (χ1v) is 23.2. The van der Waals surface area contributed by atoms with Crippen molar-refractivity contribution in [2.45, 2.75) is 161 Å². The van der Waals surface area contributed by atoms with Gasteiger partial charge >= 0.3 is 0 Å². The summed E-state index contributed by atoms with van der Waals surface area (Å²) in [6.45, 7) is 0. The maximum Gasteiger partial charge on any atom is 0.122 e. The molecule has 0 amide bonds. The van der Waals surface area contributed by atoms with E-state index in [2.05, 4.69) is 48.5 Å². The lowest BCUT2D eigenvalue weighted by Gasteiger charge is -2.39. The van der Waals surface area contributed by atoms with Gasteiger partial charge in [0, 0.05) is 43.0 Å². The van der Waals surface area contributed by atoms with Crippen LogP contribution >= 0.6 is 35.9 Å². The number of hydrogen-bond donors (Lipinski definition) is 0. The second kappa shape index (κ2) is 14.8. The van der Waals surface area contributed by atoms with Crippen molar-refractivity contribution in [3.8, 4) is 0 Å². The van der Waals surface area contributed by atoms with Crippen LogP contribution in [-0.4, -0.2) is 22.6 Å². The highest BCUT2D eigenvalue weighted by Gasteiger charge is 2.45. The third-order valence-electron chi connectivity index (χ3n) is 11.2. The molecule has 0 aromatic heterocycles. The van der Waals surface area contributed by atoms with Crippen molar-refractivity contribution in [3.05, 3.63) is 48.5 Å². The summed E-state index contributed by atoms with van der Waals surface area (Å²) in [5.74, 6) is 0. The van der Waals surface area contributed by atoms with Crippen LogP contribution in [-0.2, 0) is 9.13 Å².